The number of nitrogens with zero attached hydrogens (tertiary/aromatic N) is 2. The predicted molar refractivity (Wildman–Crippen MR) is 50.2 cm³/mol. The fourth-order valence-corrected chi connectivity index (χ4v) is 1.53. The summed E-state index contributed by atoms with van der Waals surface area (Å²) in [7, 11) is 0. The lowest BCUT2D eigenvalue weighted by Crippen LogP contribution is -2.19. The first-order chi connectivity index (χ1) is 8.13. The van der Waals surface area contributed by atoms with Crippen LogP contribution in [0.3, 0.4) is 0 Å². The highest BCUT2D eigenvalue weighted by Crippen LogP contribution is 2.41. The zero-order chi connectivity index (χ0) is 14.1. The minimum Gasteiger partial charge on any atom is -0.403 e. The van der Waals surface area contributed by atoms with Gasteiger partial charge in [-0.05, 0) is 15.9 Å². The number of halogens is 6. The van der Waals surface area contributed by atoms with Gasteiger partial charge in [0.05, 0.1) is 11.1 Å². The molecule has 0 atom stereocenters. The van der Waals surface area contributed by atoms with E-state index in [2.05, 4.69) is 25.7 Å². The molecule has 1 aromatic heterocycles. The molecule has 0 aliphatic carbocycles. The van der Waals surface area contributed by atoms with Gasteiger partial charge in [0.1, 0.15) is 5.56 Å². The Kier molecular flexibility index (Phi) is 4.04. The molecule has 0 N–H and O–H groups in total. The van der Waals surface area contributed by atoms with E-state index in [0.717, 1.165) is 0 Å². The summed E-state index contributed by atoms with van der Waals surface area (Å²) in [6.45, 7) is 0. The first-order valence-corrected chi connectivity index (χ1v) is 4.79. The summed E-state index contributed by atoms with van der Waals surface area (Å²) in [4.78, 5) is 12.4. The molecule has 0 saturated carbocycles. The van der Waals surface area contributed by atoms with Crippen molar-refractivity contribution in [2.45, 2.75) is 12.8 Å². The highest BCUT2D eigenvalue weighted by molar-refractivity contribution is 9.10. The van der Waals surface area contributed by atoms with Gasteiger partial charge in [-0.3, -0.25) is 10.1 Å². The van der Waals surface area contributed by atoms with Crippen molar-refractivity contribution in [1.29, 1.82) is 0 Å². The highest BCUT2D eigenvalue weighted by atomic mass is 79.9. The first kappa shape index (κ1) is 14.5. The van der Waals surface area contributed by atoms with Crippen LogP contribution < -0.4 is 4.74 Å². The Morgan fingerprint density at radius 1 is 1.44 bits per heavy atom. The third kappa shape index (κ3) is 3.24. The molecule has 1 aromatic rings. The zero-order valence-electron chi connectivity index (χ0n) is 8.04. The van der Waals surface area contributed by atoms with Crippen LogP contribution in [0.4, 0.5) is 27.6 Å². The fraction of sp³-hybridized carbons (Fsp3) is 0.286. The van der Waals surface area contributed by atoms with E-state index in [1.54, 1.807) is 0 Å². The van der Waals surface area contributed by atoms with Crippen molar-refractivity contribution in [1.82, 2.24) is 4.98 Å². The van der Waals surface area contributed by atoms with Crippen LogP contribution in [0, 0.1) is 10.1 Å². The summed E-state index contributed by atoms with van der Waals surface area (Å²) < 4.78 is 63.7. The molecule has 0 saturated heterocycles. The van der Waals surface area contributed by atoms with Crippen molar-refractivity contribution < 1.29 is 31.6 Å². The topological polar surface area (TPSA) is 65.3 Å². The van der Waals surface area contributed by atoms with Crippen LogP contribution in [-0.2, 0) is 0 Å². The number of nitro groups is 1. The third-order valence-electron chi connectivity index (χ3n) is 1.64. The summed E-state index contributed by atoms with van der Waals surface area (Å²) in [5.74, 6) is -1.41. The maximum Gasteiger partial charge on any atom is 0.573 e. The predicted octanol–water partition coefficient (Wildman–Crippen LogP) is 3.59. The number of aromatic nitrogens is 1. The van der Waals surface area contributed by atoms with Gasteiger partial charge in [0.25, 0.3) is 6.43 Å². The molecule has 0 aliphatic heterocycles. The van der Waals surface area contributed by atoms with Crippen LogP contribution in [0.2, 0.25) is 0 Å². The van der Waals surface area contributed by atoms with E-state index in [4.69, 9.17) is 0 Å². The molecular weight excluding hydrogens is 335 g/mol. The Morgan fingerprint density at radius 2 is 2.00 bits per heavy atom. The fourth-order valence-electron chi connectivity index (χ4n) is 1.06. The second kappa shape index (κ2) is 5.00. The van der Waals surface area contributed by atoms with Gasteiger partial charge in [-0.2, -0.15) is 0 Å². The van der Waals surface area contributed by atoms with Crippen molar-refractivity contribution in [3.05, 3.63) is 26.5 Å². The monoisotopic (exact) mass is 336 g/mol. The van der Waals surface area contributed by atoms with E-state index < -0.39 is 39.3 Å². The van der Waals surface area contributed by atoms with Gasteiger partial charge in [-0.1, -0.05) is 0 Å². The lowest BCUT2D eigenvalue weighted by atomic mass is 10.2. The van der Waals surface area contributed by atoms with Crippen molar-refractivity contribution in [2.75, 3.05) is 0 Å². The Labute approximate surface area is 104 Å². The van der Waals surface area contributed by atoms with Gasteiger partial charge in [0, 0.05) is 0 Å². The minimum absolute atomic E-state index is 0.325. The molecule has 5 nitrogen and oxygen atoms in total. The first-order valence-electron chi connectivity index (χ1n) is 4.00. The minimum atomic E-state index is -5.26. The number of alkyl halides is 5. The second-order valence-electron chi connectivity index (χ2n) is 2.78. The van der Waals surface area contributed by atoms with Crippen LogP contribution in [0.1, 0.15) is 12.0 Å². The SMILES string of the molecule is O=[N+]([O-])c1c(Br)ncc(OC(F)(F)F)c1C(F)F. The summed E-state index contributed by atoms with van der Waals surface area (Å²) in [6, 6.07) is 0. The zero-order valence-corrected chi connectivity index (χ0v) is 9.63. The molecule has 0 radical (unpaired) electrons. The van der Waals surface area contributed by atoms with E-state index >= 15 is 0 Å². The molecule has 0 spiro atoms. The van der Waals surface area contributed by atoms with Gasteiger partial charge < -0.3 is 4.74 Å². The van der Waals surface area contributed by atoms with Crippen molar-refractivity contribution in [3.63, 3.8) is 0 Å². The van der Waals surface area contributed by atoms with E-state index in [-0.39, 0.29) is 0 Å². The van der Waals surface area contributed by atoms with Crippen LogP contribution in [0.25, 0.3) is 0 Å². The number of hydrogen-bond acceptors (Lipinski definition) is 4. The lowest BCUT2D eigenvalue weighted by molar-refractivity contribution is -0.387. The summed E-state index contributed by atoms with van der Waals surface area (Å²) in [6.07, 6.45) is -8.46. The molecular formula is C7H2BrF5N2O3. The van der Waals surface area contributed by atoms with Gasteiger partial charge >= 0.3 is 12.0 Å². The third-order valence-corrected chi connectivity index (χ3v) is 2.22. The summed E-state index contributed by atoms with van der Waals surface area (Å²) in [5.41, 5.74) is -2.76. The Morgan fingerprint density at radius 3 is 2.39 bits per heavy atom. The maximum absolute atomic E-state index is 12.6. The van der Waals surface area contributed by atoms with Crippen LogP contribution >= 0.6 is 15.9 Å². The van der Waals surface area contributed by atoms with Crippen LogP contribution in [0.15, 0.2) is 10.8 Å². The van der Waals surface area contributed by atoms with E-state index in [9.17, 15) is 32.1 Å². The number of ether oxygens (including phenoxy) is 1. The molecule has 11 heteroatoms. The van der Waals surface area contributed by atoms with E-state index in [1.165, 1.54) is 0 Å². The summed E-state index contributed by atoms with van der Waals surface area (Å²) >= 11 is 2.51. The Hall–Kier alpha value is -1.52. The molecule has 0 aliphatic rings. The summed E-state index contributed by atoms with van der Waals surface area (Å²) in [5, 5.41) is 10.5. The van der Waals surface area contributed by atoms with Gasteiger partial charge in [-0.25, -0.2) is 13.8 Å². The smallest absolute Gasteiger partial charge is 0.403 e. The molecule has 0 unspecified atom stereocenters. The maximum atomic E-state index is 12.6. The van der Waals surface area contributed by atoms with Gasteiger partial charge in [0.15, 0.2) is 10.4 Å². The normalized spacial score (nSPS) is 11.7. The second-order valence-corrected chi connectivity index (χ2v) is 3.53. The lowest BCUT2D eigenvalue weighted by Gasteiger charge is -2.12. The highest BCUT2D eigenvalue weighted by Gasteiger charge is 2.37. The standard InChI is InChI=1S/C7H2BrF5N2O3/c8-5-4(15(16)17)3(6(9)10)2(1-14-5)18-7(11,12)13/h1,6H. The average Bonchev–Trinajstić information content (AvgIpc) is 2.17. The quantitative estimate of drug-likeness (QED) is 0.366. The van der Waals surface area contributed by atoms with E-state index in [1.807, 2.05) is 0 Å². The number of hydrogen-bond donors (Lipinski definition) is 0. The van der Waals surface area contributed by atoms with Crippen molar-refractivity contribution in [2.24, 2.45) is 0 Å². The average molecular weight is 337 g/mol. The molecule has 0 bridgehead atoms. The van der Waals surface area contributed by atoms with E-state index in [0.29, 0.717) is 6.20 Å². The molecule has 1 rings (SSSR count). The largest absolute Gasteiger partial charge is 0.573 e. The van der Waals surface area contributed by atoms with Crippen molar-refractivity contribution in [3.8, 4) is 5.75 Å². The number of pyridine rings is 1. The Balaban J connectivity index is 3.44. The molecule has 1 heterocycles. The molecule has 0 fully saturated rings. The van der Waals surface area contributed by atoms with Gasteiger partial charge in [0.2, 0.25) is 0 Å². The van der Waals surface area contributed by atoms with Gasteiger partial charge in [-0.15, -0.1) is 13.2 Å². The molecule has 0 amide bonds. The van der Waals surface area contributed by atoms with Crippen LogP contribution in [0.5, 0.6) is 5.75 Å². The van der Waals surface area contributed by atoms with Crippen molar-refractivity contribution >= 4 is 21.6 Å². The molecule has 18 heavy (non-hydrogen) atoms. The molecule has 100 valence electrons. The Bertz CT molecular complexity index is 479. The molecule has 0 aromatic carbocycles. The number of rotatable bonds is 3. The van der Waals surface area contributed by atoms with Crippen LogP contribution in [-0.4, -0.2) is 16.3 Å².